The van der Waals surface area contributed by atoms with E-state index in [1.54, 1.807) is 11.3 Å². The van der Waals surface area contributed by atoms with Crippen LogP contribution < -0.4 is 5.73 Å². The average Bonchev–Trinajstić information content (AvgIpc) is 2.97. The van der Waals surface area contributed by atoms with Crippen LogP contribution in [0.1, 0.15) is 16.5 Å². The van der Waals surface area contributed by atoms with Gasteiger partial charge in [0, 0.05) is 21.2 Å². The van der Waals surface area contributed by atoms with E-state index in [4.69, 9.17) is 5.73 Å². The number of rotatable bonds is 2. The molecule has 0 amide bonds. The van der Waals surface area contributed by atoms with Crippen molar-refractivity contribution in [1.82, 2.24) is 4.98 Å². The lowest BCUT2D eigenvalue weighted by Crippen LogP contribution is -2.10. The highest BCUT2D eigenvalue weighted by atomic mass is 32.1. The van der Waals surface area contributed by atoms with Crippen LogP contribution in [0.2, 0.25) is 0 Å². The summed E-state index contributed by atoms with van der Waals surface area (Å²) in [6, 6.07) is 20.7. The van der Waals surface area contributed by atoms with Crippen molar-refractivity contribution >= 4 is 32.3 Å². The Hall–Kier alpha value is -2.23. The van der Waals surface area contributed by atoms with Crippen molar-refractivity contribution < 1.29 is 0 Å². The fraction of sp³-hybridized carbons (Fsp3) is 0.0556. The number of hydrogen-bond acceptors (Lipinski definition) is 3. The topological polar surface area (TPSA) is 38.9 Å². The van der Waals surface area contributed by atoms with E-state index < -0.39 is 0 Å². The van der Waals surface area contributed by atoms with Gasteiger partial charge in [0.1, 0.15) is 0 Å². The lowest BCUT2D eigenvalue weighted by molar-refractivity contribution is 0.889. The number of aromatic nitrogens is 1. The zero-order chi connectivity index (χ0) is 14.2. The van der Waals surface area contributed by atoms with E-state index in [0.29, 0.717) is 0 Å². The van der Waals surface area contributed by atoms with Crippen molar-refractivity contribution in [2.45, 2.75) is 6.04 Å². The van der Waals surface area contributed by atoms with Gasteiger partial charge in [-0.25, -0.2) is 0 Å². The molecule has 2 aromatic carbocycles. The molecular weight excluding hydrogens is 276 g/mol. The normalized spacial score (nSPS) is 12.8. The molecule has 0 saturated heterocycles. The van der Waals surface area contributed by atoms with Crippen molar-refractivity contribution in [1.29, 1.82) is 0 Å². The predicted octanol–water partition coefficient (Wildman–Crippen LogP) is 4.50. The van der Waals surface area contributed by atoms with Gasteiger partial charge in [-0.15, -0.1) is 11.3 Å². The Morgan fingerprint density at radius 3 is 2.52 bits per heavy atom. The highest BCUT2D eigenvalue weighted by Gasteiger charge is 2.13. The van der Waals surface area contributed by atoms with Gasteiger partial charge in [-0.2, -0.15) is 0 Å². The molecule has 0 bridgehead atoms. The third-order valence-electron chi connectivity index (χ3n) is 3.72. The maximum absolute atomic E-state index is 6.44. The number of hydrogen-bond donors (Lipinski definition) is 1. The van der Waals surface area contributed by atoms with Crippen molar-refractivity contribution in [3.05, 3.63) is 77.3 Å². The molecule has 1 atom stereocenters. The predicted molar refractivity (Wildman–Crippen MR) is 89.6 cm³/mol. The van der Waals surface area contributed by atoms with Gasteiger partial charge < -0.3 is 5.73 Å². The fourth-order valence-electron chi connectivity index (χ4n) is 2.58. The first kappa shape index (κ1) is 12.5. The van der Waals surface area contributed by atoms with Crippen LogP contribution in [-0.4, -0.2) is 4.98 Å². The molecule has 0 spiro atoms. The molecule has 1 unspecified atom stereocenters. The molecule has 2 heterocycles. The molecular formula is C18H14N2S. The minimum absolute atomic E-state index is 0.125. The van der Waals surface area contributed by atoms with Gasteiger partial charge in [-0.05, 0) is 35.2 Å². The second-order valence-corrected chi connectivity index (χ2v) is 6.24. The van der Waals surface area contributed by atoms with Gasteiger partial charge in [-0.1, -0.05) is 36.4 Å². The molecule has 0 radical (unpaired) electrons. The fourth-order valence-corrected chi connectivity index (χ4v) is 3.67. The summed E-state index contributed by atoms with van der Waals surface area (Å²) in [5, 5.41) is 2.38. The Balaban J connectivity index is 1.79. The quantitative estimate of drug-likeness (QED) is 0.590. The number of nitrogens with zero attached hydrogens (tertiary/aromatic N) is 1. The summed E-state index contributed by atoms with van der Waals surface area (Å²) in [6.45, 7) is 0. The van der Waals surface area contributed by atoms with E-state index in [2.05, 4.69) is 47.4 Å². The van der Waals surface area contributed by atoms with E-state index in [9.17, 15) is 0 Å². The van der Waals surface area contributed by atoms with Crippen molar-refractivity contribution in [2.24, 2.45) is 5.73 Å². The summed E-state index contributed by atoms with van der Waals surface area (Å²) >= 11 is 1.75. The Bertz CT molecular complexity index is 893. The van der Waals surface area contributed by atoms with Crippen molar-refractivity contribution in [3.8, 4) is 0 Å². The number of benzene rings is 2. The largest absolute Gasteiger partial charge is 0.320 e. The zero-order valence-corrected chi connectivity index (χ0v) is 12.2. The molecule has 0 aliphatic heterocycles. The first-order chi connectivity index (χ1) is 10.3. The summed E-state index contributed by atoms with van der Waals surface area (Å²) < 4.78 is 1.27. The van der Waals surface area contributed by atoms with Crippen LogP contribution >= 0.6 is 11.3 Å². The van der Waals surface area contributed by atoms with Gasteiger partial charge in [0.15, 0.2) is 0 Å². The first-order valence-electron chi connectivity index (χ1n) is 6.90. The van der Waals surface area contributed by atoms with E-state index in [0.717, 1.165) is 16.5 Å². The third kappa shape index (κ3) is 2.20. The second kappa shape index (κ2) is 4.95. The standard InChI is InChI=1S/C18H14N2S/c19-18(17-10-13-6-2-4-8-16(13)21-17)14-9-12-5-1-3-7-15(12)20-11-14/h1-11,18H,19H2. The maximum Gasteiger partial charge on any atom is 0.0702 e. The number of pyridine rings is 1. The number of fused-ring (bicyclic) bond motifs is 2. The molecule has 0 aliphatic rings. The SMILES string of the molecule is NC(c1cnc2ccccc2c1)c1cc2ccccc2s1. The van der Waals surface area contributed by atoms with Crippen molar-refractivity contribution in [2.75, 3.05) is 0 Å². The van der Waals surface area contributed by atoms with Crippen LogP contribution in [0.5, 0.6) is 0 Å². The third-order valence-corrected chi connectivity index (χ3v) is 4.92. The van der Waals surface area contributed by atoms with Crippen LogP contribution in [0.25, 0.3) is 21.0 Å². The number of nitrogens with two attached hydrogens (primary N) is 1. The Kier molecular flexibility index (Phi) is 2.95. The lowest BCUT2D eigenvalue weighted by Gasteiger charge is -2.10. The van der Waals surface area contributed by atoms with E-state index in [-0.39, 0.29) is 6.04 Å². The molecule has 4 aromatic rings. The molecule has 0 fully saturated rings. The van der Waals surface area contributed by atoms with Crippen LogP contribution in [0.4, 0.5) is 0 Å². The van der Waals surface area contributed by atoms with E-state index >= 15 is 0 Å². The summed E-state index contributed by atoms with van der Waals surface area (Å²) in [5.41, 5.74) is 8.50. The second-order valence-electron chi connectivity index (χ2n) is 5.13. The van der Waals surface area contributed by atoms with Crippen LogP contribution in [-0.2, 0) is 0 Å². The molecule has 2 nitrogen and oxygen atoms in total. The van der Waals surface area contributed by atoms with E-state index in [1.165, 1.54) is 15.0 Å². The summed E-state index contributed by atoms with van der Waals surface area (Å²) in [6.07, 6.45) is 1.89. The van der Waals surface area contributed by atoms with Gasteiger partial charge in [-0.3, -0.25) is 4.98 Å². The average molecular weight is 290 g/mol. The van der Waals surface area contributed by atoms with Crippen LogP contribution in [0.15, 0.2) is 66.9 Å². The first-order valence-corrected chi connectivity index (χ1v) is 7.72. The van der Waals surface area contributed by atoms with Gasteiger partial charge in [0.2, 0.25) is 0 Å². The summed E-state index contributed by atoms with van der Waals surface area (Å²) in [5.74, 6) is 0. The van der Waals surface area contributed by atoms with Crippen LogP contribution in [0, 0.1) is 0 Å². The monoisotopic (exact) mass is 290 g/mol. The molecule has 0 saturated carbocycles. The molecule has 2 aromatic heterocycles. The van der Waals surface area contributed by atoms with Gasteiger partial charge in [0.25, 0.3) is 0 Å². The Morgan fingerprint density at radius 1 is 0.905 bits per heavy atom. The zero-order valence-electron chi connectivity index (χ0n) is 11.4. The minimum atomic E-state index is -0.125. The Labute approximate surface area is 126 Å². The van der Waals surface area contributed by atoms with Crippen molar-refractivity contribution in [3.63, 3.8) is 0 Å². The lowest BCUT2D eigenvalue weighted by atomic mass is 10.1. The molecule has 3 heteroatoms. The van der Waals surface area contributed by atoms with Crippen LogP contribution in [0.3, 0.4) is 0 Å². The molecule has 21 heavy (non-hydrogen) atoms. The summed E-state index contributed by atoms with van der Waals surface area (Å²) in [4.78, 5) is 5.68. The summed E-state index contributed by atoms with van der Waals surface area (Å²) in [7, 11) is 0. The highest BCUT2D eigenvalue weighted by Crippen LogP contribution is 2.32. The molecule has 102 valence electrons. The number of para-hydroxylation sites is 1. The Morgan fingerprint density at radius 2 is 1.67 bits per heavy atom. The molecule has 2 N–H and O–H groups in total. The molecule has 4 rings (SSSR count). The van der Waals surface area contributed by atoms with Gasteiger partial charge >= 0.3 is 0 Å². The van der Waals surface area contributed by atoms with E-state index in [1.807, 2.05) is 24.4 Å². The maximum atomic E-state index is 6.44. The number of thiophene rings is 1. The minimum Gasteiger partial charge on any atom is -0.320 e. The van der Waals surface area contributed by atoms with Gasteiger partial charge in [0.05, 0.1) is 11.6 Å². The highest BCUT2D eigenvalue weighted by molar-refractivity contribution is 7.19. The molecule has 0 aliphatic carbocycles. The smallest absolute Gasteiger partial charge is 0.0702 e.